The number of hydrogen-bond donors (Lipinski definition) is 2. The van der Waals surface area contributed by atoms with Gasteiger partial charge in [0.15, 0.2) is 0 Å². The smallest absolute Gasteiger partial charge is 0.223 e. The predicted molar refractivity (Wildman–Crippen MR) is 107 cm³/mol. The van der Waals surface area contributed by atoms with Gasteiger partial charge in [-0.3, -0.25) is 4.79 Å². The summed E-state index contributed by atoms with van der Waals surface area (Å²) >= 11 is 0. The summed E-state index contributed by atoms with van der Waals surface area (Å²) in [5.74, 6) is 0.950. The first kappa shape index (κ1) is 20.3. The molecule has 4 nitrogen and oxygen atoms in total. The van der Waals surface area contributed by atoms with Gasteiger partial charge in [-0.2, -0.15) is 0 Å². The molecule has 26 heavy (non-hydrogen) atoms. The number of hydrogen-bond acceptors (Lipinski definition) is 3. The van der Waals surface area contributed by atoms with Gasteiger partial charge in [0.25, 0.3) is 0 Å². The Balaban J connectivity index is 0.00000243. The first-order valence-electron chi connectivity index (χ1n) is 9.01. The monoisotopic (exact) mass is 374 g/mol. The highest BCUT2D eigenvalue weighted by atomic mass is 35.5. The molecule has 0 spiro atoms. The van der Waals surface area contributed by atoms with Gasteiger partial charge in [-0.1, -0.05) is 42.5 Å². The van der Waals surface area contributed by atoms with E-state index in [1.807, 2.05) is 61.5 Å². The Labute approximate surface area is 161 Å². The van der Waals surface area contributed by atoms with Crippen LogP contribution in [0.1, 0.15) is 43.4 Å². The van der Waals surface area contributed by atoms with Crippen molar-refractivity contribution >= 4 is 18.3 Å². The zero-order valence-electron chi connectivity index (χ0n) is 15.1. The van der Waals surface area contributed by atoms with Crippen LogP contribution in [0.3, 0.4) is 0 Å². The van der Waals surface area contributed by atoms with E-state index < -0.39 is 0 Å². The molecular formula is C21H27ClN2O2. The Morgan fingerprint density at radius 2 is 1.77 bits per heavy atom. The van der Waals surface area contributed by atoms with Crippen molar-refractivity contribution in [3.63, 3.8) is 0 Å². The fourth-order valence-corrected chi connectivity index (χ4v) is 3.44. The molecule has 0 aliphatic heterocycles. The van der Waals surface area contributed by atoms with Crippen LogP contribution < -0.4 is 15.8 Å². The first-order chi connectivity index (χ1) is 12.2. The summed E-state index contributed by atoms with van der Waals surface area (Å²) in [7, 11) is 0. The van der Waals surface area contributed by atoms with Gasteiger partial charge in [0.05, 0.1) is 12.6 Å². The summed E-state index contributed by atoms with van der Waals surface area (Å²) in [5, 5.41) is 3.23. The zero-order valence-corrected chi connectivity index (χ0v) is 15.9. The number of nitrogens with two attached hydrogens (primary N) is 1. The lowest BCUT2D eigenvalue weighted by molar-refractivity contribution is -0.125. The molecule has 0 saturated heterocycles. The van der Waals surface area contributed by atoms with E-state index in [0.29, 0.717) is 6.61 Å². The van der Waals surface area contributed by atoms with Crippen molar-refractivity contribution in [3.05, 3.63) is 65.7 Å². The van der Waals surface area contributed by atoms with Crippen molar-refractivity contribution < 1.29 is 9.53 Å². The number of carbonyl (C=O) groups is 1. The summed E-state index contributed by atoms with van der Waals surface area (Å²) in [4.78, 5) is 12.7. The van der Waals surface area contributed by atoms with Crippen molar-refractivity contribution in [2.24, 2.45) is 11.7 Å². The van der Waals surface area contributed by atoms with Crippen LogP contribution in [-0.4, -0.2) is 18.6 Å². The van der Waals surface area contributed by atoms with E-state index in [2.05, 4.69) is 5.32 Å². The van der Waals surface area contributed by atoms with E-state index in [1.165, 1.54) is 0 Å². The lowest BCUT2D eigenvalue weighted by Gasteiger charge is -2.22. The van der Waals surface area contributed by atoms with Crippen molar-refractivity contribution in [3.8, 4) is 5.75 Å². The van der Waals surface area contributed by atoms with Gasteiger partial charge < -0.3 is 15.8 Å². The highest BCUT2D eigenvalue weighted by Crippen LogP contribution is 2.28. The van der Waals surface area contributed by atoms with Crippen LogP contribution in [0.4, 0.5) is 0 Å². The maximum atomic E-state index is 12.7. The number of nitrogens with one attached hydrogen (secondary N) is 1. The average molecular weight is 375 g/mol. The fraction of sp³-hybridized carbons (Fsp3) is 0.381. The Hall–Kier alpha value is -2.04. The molecule has 1 fully saturated rings. The van der Waals surface area contributed by atoms with Crippen molar-refractivity contribution in [2.75, 3.05) is 6.61 Å². The lowest BCUT2D eigenvalue weighted by atomic mass is 9.97. The lowest BCUT2D eigenvalue weighted by Crippen LogP contribution is -2.34. The average Bonchev–Trinajstić information content (AvgIpc) is 3.08. The third-order valence-corrected chi connectivity index (χ3v) is 4.79. The number of benzene rings is 2. The minimum atomic E-state index is -0.166. The summed E-state index contributed by atoms with van der Waals surface area (Å²) in [6, 6.07) is 18.0. The highest BCUT2D eigenvalue weighted by molar-refractivity contribution is 5.85. The second kappa shape index (κ2) is 9.60. The number of ether oxygens (including phenoxy) is 1. The molecule has 3 rings (SSSR count). The summed E-state index contributed by atoms with van der Waals surface area (Å²) in [6.45, 7) is 2.60. The van der Waals surface area contributed by atoms with Gasteiger partial charge in [0.1, 0.15) is 5.75 Å². The van der Waals surface area contributed by atoms with E-state index in [4.69, 9.17) is 10.5 Å². The zero-order chi connectivity index (χ0) is 17.6. The van der Waals surface area contributed by atoms with Crippen LogP contribution in [0.15, 0.2) is 54.6 Å². The Bertz CT molecular complexity index is 691. The number of amides is 1. The van der Waals surface area contributed by atoms with Crippen molar-refractivity contribution in [1.82, 2.24) is 5.32 Å². The molecule has 0 bridgehead atoms. The third kappa shape index (κ3) is 4.99. The molecule has 5 heteroatoms. The quantitative estimate of drug-likeness (QED) is 0.807. The molecular weight excluding hydrogens is 348 g/mol. The maximum absolute atomic E-state index is 12.7. The van der Waals surface area contributed by atoms with Crippen LogP contribution >= 0.6 is 12.4 Å². The number of halogens is 1. The van der Waals surface area contributed by atoms with Crippen molar-refractivity contribution in [2.45, 2.75) is 38.3 Å². The minimum absolute atomic E-state index is 0. The van der Waals surface area contributed by atoms with Gasteiger partial charge in [-0.25, -0.2) is 0 Å². The molecule has 0 heterocycles. The van der Waals surface area contributed by atoms with Crippen LogP contribution in [0.2, 0.25) is 0 Å². The molecule has 3 N–H and O–H groups in total. The summed E-state index contributed by atoms with van der Waals surface area (Å²) < 4.78 is 5.52. The molecule has 2 aromatic rings. The molecule has 0 radical (unpaired) electrons. The normalized spacial score (nSPS) is 20.1. The molecule has 0 aromatic heterocycles. The number of carbonyl (C=O) groups excluding carboxylic acids is 1. The van der Waals surface area contributed by atoms with E-state index in [-0.39, 0.29) is 36.3 Å². The van der Waals surface area contributed by atoms with E-state index in [1.54, 1.807) is 0 Å². The molecule has 1 aliphatic rings. The molecule has 2 aromatic carbocycles. The fourth-order valence-electron chi connectivity index (χ4n) is 3.44. The van der Waals surface area contributed by atoms with E-state index in [0.717, 1.165) is 36.1 Å². The SMILES string of the molecule is CCOc1ccc(C(NC(=O)C2CCC(N)C2)c2ccccc2)cc1.Cl. The van der Waals surface area contributed by atoms with Crippen LogP contribution in [0, 0.1) is 5.92 Å². The van der Waals surface area contributed by atoms with Crippen LogP contribution in [0.25, 0.3) is 0 Å². The van der Waals surface area contributed by atoms with Gasteiger partial charge in [-0.05, 0) is 49.4 Å². The van der Waals surface area contributed by atoms with Gasteiger partial charge in [0, 0.05) is 12.0 Å². The van der Waals surface area contributed by atoms with Crippen molar-refractivity contribution in [1.29, 1.82) is 0 Å². The Morgan fingerprint density at radius 1 is 1.12 bits per heavy atom. The van der Waals surface area contributed by atoms with Crippen LogP contribution in [-0.2, 0) is 4.79 Å². The van der Waals surface area contributed by atoms with E-state index >= 15 is 0 Å². The van der Waals surface area contributed by atoms with Gasteiger partial charge >= 0.3 is 0 Å². The topological polar surface area (TPSA) is 64.3 Å². The highest BCUT2D eigenvalue weighted by Gasteiger charge is 2.29. The maximum Gasteiger partial charge on any atom is 0.223 e. The molecule has 1 amide bonds. The molecule has 3 unspecified atom stereocenters. The Kier molecular flexibility index (Phi) is 7.49. The molecule has 140 valence electrons. The van der Waals surface area contributed by atoms with Gasteiger partial charge in [0.2, 0.25) is 5.91 Å². The summed E-state index contributed by atoms with van der Waals surface area (Å²) in [6.07, 6.45) is 2.57. The minimum Gasteiger partial charge on any atom is -0.494 e. The van der Waals surface area contributed by atoms with Crippen LogP contribution in [0.5, 0.6) is 5.75 Å². The molecule has 1 saturated carbocycles. The van der Waals surface area contributed by atoms with Gasteiger partial charge in [-0.15, -0.1) is 12.4 Å². The Morgan fingerprint density at radius 3 is 2.35 bits per heavy atom. The largest absolute Gasteiger partial charge is 0.494 e. The van der Waals surface area contributed by atoms with E-state index in [9.17, 15) is 4.79 Å². The molecule has 3 atom stereocenters. The standard InChI is InChI=1S/C21H26N2O2.ClH/c1-2-25-19-12-9-16(10-13-19)20(15-6-4-3-5-7-15)23-21(24)17-8-11-18(22)14-17;/h3-7,9-10,12-13,17-18,20H,2,8,11,14,22H2,1H3,(H,23,24);1H. The second-order valence-corrected chi connectivity index (χ2v) is 6.62. The molecule has 1 aliphatic carbocycles. The summed E-state index contributed by atoms with van der Waals surface area (Å²) in [5.41, 5.74) is 8.09. The second-order valence-electron chi connectivity index (χ2n) is 6.62. The number of rotatable bonds is 6. The third-order valence-electron chi connectivity index (χ3n) is 4.79. The predicted octanol–water partition coefficient (Wildman–Crippen LogP) is 3.84. The first-order valence-corrected chi connectivity index (χ1v) is 9.01.